The highest BCUT2D eigenvalue weighted by Crippen LogP contribution is 2.10. The lowest BCUT2D eigenvalue weighted by atomic mass is 10.1. The van der Waals surface area contributed by atoms with Gasteiger partial charge >= 0.3 is 6.09 Å². The van der Waals surface area contributed by atoms with Crippen LogP contribution in [0.3, 0.4) is 0 Å². The monoisotopic (exact) mass is 322 g/mol. The zero-order valence-corrected chi connectivity index (χ0v) is 13.1. The van der Waals surface area contributed by atoms with Gasteiger partial charge in [0.25, 0.3) is 0 Å². The Hall–Kier alpha value is -1.05. The second kappa shape index (κ2) is 10.6. The highest BCUT2D eigenvalue weighted by molar-refractivity contribution is 6.18. The fourth-order valence-electron chi connectivity index (χ4n) is 2.01. The Labute approximate surface area is 129 Å². The van der Waals surface area contributed by atoms with Crippen LogP contribution in [0.25, 0.3) is 0 Å². The molecule has 0 radical (unpaired) electrons. The number of carbonyl (C=O) groups excluding carboxylic acids is 2. The van der Waals surface area contributed by atoms with Crippen molar-refractivity contribution in [3.8, 4) is 0 Å². The van der Waals surface area contributed by atoms with E-state index in [1.54, 1.807) is 12.0 Å². The molecule has 122 valence electrons. The minimum atomic E-state index is -0.455. The molecule has 1 aliphatic heterocycles. The van der Waals surface area contributed by atoms with Gasteiger partial charge in [-0.05, 0) is 12.8 Å². The number of likely N-dealkylation sites (tertiary alicyclic amines) is 1. The molecule has 0 atom stereocenters. The van der Waals surface area contributed by atoms with E-state index in [1.165, 1.54) is 0 Å². The predicted octanol–water partition coefficient (Wildman–Crippen LogP) is 0.605. The van der Waals surface area contributed by atoms with Crippen molar-refractivity contribution in [1.82, 2.24) is 10.2 Å². The van der Waals surface area contributed by atoms with Gasteiger partial charge in [0.15, 0.2) is 0 Å². The standard InChI is InChI=1S/C13H23ClN2O5/c1-19-8-9-20-10-12(17)16-5-2-11(3-6-16)15-13(18)21-7-4-14/h11H,2-10H2,1H3,(H,15,18). The van der Waals surface area contributed by atoms with Crippen molar-refractivity contribution in [3.63, 3.8) is 0 Å². The van der Waals surface area contributed by atoms with E-state index in [-0.39, 0.29) is 31.0 Å². The third-order valence-corrected chi connectivity index (χ3v) is 3.29. The summed E-state index contributed by atoms with van der Waals surface area (Å²) < 4.78 is 14.9. The molecule has 0 aromatic carbocycles. The lowest BCUT2D eigenvalue weighted by Gasteiger charge is -2.32. The molecule has 0 aliphatic carbocycles. The first-order valence-electron chi connectivity index (χ1n) is 7.01. The molecule has 0 saturated carbocycles. The molecule has 1 rings (SSSR count). The summed E-state index contributed by atoms with van der Waals surface area (Å²) in [5.41, 5.74) is 0. The van der Waals surface area contributed by atoms with Crippen LogP contribution >= 0.6 is 11.6 Å². The van der Waals surface area contributed by atoms with Crippen molar-refractivity contribution in [1.29, 1.82) is 0 Å². The van der Waals surface area contributed by atoms with Crippen LogP contribution < -0.4 is 5.32 Å². The summed E-state index contributed by atoms with van der Waals surface area (Å²) in [6, 6.07) is 0.0336. The summed E-state index contributed by atoms with van der Waals surface area (Å²) in [4.78, 5) is 25.0. The molecule has 0 aromatic heterocycles. The first-order valence-corrected chi connectivity index (χ1v) is 7.54. The fraction of sp³-hybridized carbons (Fsp3) is 0.846. The van der Waals surface area contributed by atoms with E-state index >= 15 is 0 Å². The Morgan fingerprint density at radius 1 is 1.24 bits per heavy atom. The third-order valence-electron chi connectivity index (χ3n) is 3.14. The smallest absolute Gasteiger partial charge is 0.407 e. The van der Waals surface area contributed by atoms with Crippen molar-refractivity contribution < 1.29 is 23.8 Å². The van der Waals surface area contributed by atoms with Gasteiger partial charge in [0.1, 0.15) is 13.2 Å². The Morgan fingerprint density at radius 2 is 1.95 bits per heavy atom. The molecular formula is C13H23ClN2O5. The summed E-state index contributed by atoms with van der Waals surface area (Å²) in [5.74, 6) is 0.248. The molecule has 1 N–H and O–H groups in total. The van der Waals surface area contributed by atoms with E-state index in [0.717, 1.165) is 0 Å². The first kappa shape index (κ1) is 18.0. The molecule has 0 bridgehead atoms. The minimum absolute atomic E-state index is 0.0331. The van der Waals surface area contributed by atoms with Crippen LogP contribution in [0.15, 0.2) is 0 Å². The number of piperidine rings is 1. The number of hydrogen-bond acceptors (Lipinski definition) is 5. The molecule has 1 heterocycles. The van der Waals surface area contributed by atoms with Gasteiger partial charge in [-0.1, -0.05) is 0 Å². The highest BCUT2D eigenvalue weighted by atomic mass is 35.5. The maximum atomic E-state index is 11.9. The molecule has 0 spiro atoms. The van der Waals surface area contributed by atoms with Gasteiger partial charge in [0, 0.05) is 26.2 Å². The molecule has 2 amide bonds. The summed E-state index contributed by atoms with van der Waals surface area (Å²) in [6.07, 6.45) is 0.961. The summed E-state index contributed by atoms with van der Waals surface area (Å²) in [7, 11) is 1.58. The van der Waals surface area contributed by atoms with Gasteiger partial charge in [-0.15, -0.1) is 11.6 Å². The number of ether oxygens (including phenoxy) is 3. The molecule has 0 aromatic rings. The summed E-state index contributed by atoms with van der Waals surface area (Å²) in [5, 5.41) is 2.77. The van der Waals surface area contributed by atoms with Crippen LogP contribution in [-0.2, 0) is 19.0 Å². The van der Waals surface area contributed by atoms with Gasteiger partial charge in [-0.2, -0.15) is 0 Å². The van der Waals surface area contributed by atoms with Gasteiger partial charge in [-0.25, -0.2) is 4.79 Å². The van der Waals surface area contributed by atoms with Crippen LogP contribution in [0.5, 0.6) is 0 Å². The number of alkyl carbamates (subject to hydrolysis) is 1. The van der Waals surface area contributed by atoms with Crippen LogP contribution in [0.1, 0.15) is 12.8 Å². The van der Waals surface area contributed by atoms with Crippen LogP contribution in [0.2, 0.25) is 0 Å². The molecule has 1 saturated heterocycles. The fourth-order valence-corrected chi connectivity index (χ4v) is 2.08. The average molecular weight is 323 g/mol. The summed E-state index contributed by atoms with van der Waals surface area (Å²) in [6.45, 7) is 2.36. The highest BCUT2D eigenvalue weighted by Gasteiger charge is 2.24. The van der Waals surface area contributed by atoms with Crippen LogP contribution in [0, 0.1) is 0 Å². The first-order chi connectivity index (χ1) is 10.2. The zero-order valence-electron chi connectivity index (χ0n) is 12.3. The Balaban J connectivity index is 2.16. The predicted molar refractivity (Wildman–Crippen MR) is 77.5 cm³/mol. The van der Waals surface area contributed by atoms with Crippen molar-refractivity contribution in [2.45, 2.75) is 18.9 Å². The topological polar surface area (TPSA) is 77.1 Å². The van der Waals surface area contributed by atoms with E-state index in [0.29, 0.717) is 39.1 Å². The lowest BCUT2D eigenvalue weighted by molar-refractivity contribution is -0.137. The number of hydrogen-bond donors (Lipinski definition) is 1. The van der Waals surface area contributed by atoms with Gasteiger partial charge < -0.3 is 24.4 Å². The molecular weight excluding hydrogens is 300 g/mol. The van der Waals surface area contributed by atoms with Gasteiger partial charge in [0.2, 0.25) is 5.91 Å². The quantitative estimate of drug-likeness (QED) is 0.523. The van der Waals surface area contributed by atoms with Crippen molar-refractivity contribution in [2.24, 2.45) is 0 Å². The second-order valence-corrected chi connectivity index (χ2v) is 5.05. The van der Waals surface area contributed by atoms with E-state index in [9.17, 15) is 9.59 Å². The number of amides is 2. The maximum absolute atomic E-state index is 11.9. The Morgan fingerprint density at radius 3 is 2.57 bits per heavy atom. The van der Waals surface area contributed by atoms with E-state index in [4.69, 9.17) is 25.8 Å². The van der Waals surface area contributed by atoms with Gasteiger partial charge in [0.05, 0.1) is 19.1 Å². The average Bonchev–Trinajstić information content (AvgIpc) is 2.50. The Kier molecular flexibility index (Phi) is 9.12. The maximum Gasteiger partial charge on any atom is 0.407 e. The molecule has 7 nitrogen and oxygen atoms in total. The number of carbonyl (C=O) groups is 2. The van der Waals surface area contributed by atoms with Crippen molar-refractivity contribution in [2.75, 3.05) is 52.5 Å². The van der Waals surface area contributed by atoms with Crippen LogP contribution in [-0.4, -0.2) is 75.4 Å². The minimum Gasteiger partial charge on any atom is -0.448 e. The molecule has 21 heavy (non-hydrogen) atoms. The molecule has 1 aliphatic rings. The van der Waals surface area contributed by atoms with Crippen LogP contribution in [0.4, 0.5) is 4.79 Å². The normalized spacial score (nSPS) is 15.8. The van der Waals surface area contributed by atoms with E-state index in [1.807, 2.05) is 0 Å². The van der Waals surface area contributed by atoms with E-state index < -0.39 is 6.09 Å². The molecule has 0 unspecified atom stereocenters. The number of methoxy groups -OCH3 is 1. The zero-order chi connectivity index (χ0) is 15.5. The largest absolute Gasteiger partial charge is 0.448 e. The summed E-state index contributed by atoms with van der Waals surface area (Å²) >= 11 is 5.43. The van der Waals surface area contributed by atoms with Gasteiger partial charge in [-0.3, -0.25) is 4.79 Å². The number of nitrogens with zero attached hydrogens (tertiary/aromatic N) is 1. The van der Waals surface area contributed by atoms with Crippen molar-refractivity contribution in [3.05, 3.63) is 0 Å². The number of alkyl halides is 1. The molecule has 8 heteroatoms. The van der Waals surface area contributed by atoms with E-state index in [2.05, 4.69) is 5.32 Å². The third kappa shape index (κ3) is 7.50. The molecule has 1 fully saturated rings. The number of halogens is 1. The lowest BCUT2D eigenvalue weighted by Crippen LogP contribution is -2.47. The van der Waals surface area contributed by atoms with Crippen molar-refractivity contribution >= 4 is 23.6 Å². The SMILES string of the molecule is COCCOCC(=O)N1CCC(NC(=O)OCCCl)CC1. The number of rotatable bonds is 8. The Bertz CT molecular complexity index is 322. The number of nitrogens with one attached hydrogen (secondary N) is 1. The second-order valence-electron chi connectivity index (χ2n) is 4.67.